The van der Waals surface area contributed by atoms with Crippen LogP contribution in [0, 0.1) is 9.49 Å². The van der Waals surface area contributed by atoms with Crippen molar-refractivity contribution in [2.75, 3.05) is 31.7 Å². The Morgan fingerprint density at radius 2 is 2.25 bits per heavy atom. The number of ether oxygens (including phenoxy) is 1. The fourth-order valence-electron chi connectivity index (χ4n) is 2.09. The Kier molecular flexibility index (Phi) is 4.34. The third-order valence-corrected chi connectivity index (χ3v) is 3.73. The number of aromatic nitrogens is 2. The van der Waals surface area contributed by atoms with Gasteiger partial charge >= 0.3 is 0 Å². The monoisotopic (exact) mass is 333 g/mol. The zero-order valence-electron chi connectivity index (χ0n) is 9.40. The quantitative estimate of drug-likeness (QED) is 0.793. The maximum absolute atomic E-state index is 5.20. The molecular weight excluding hydrogens is 317 g/mol. The molecule has 2 heterocycles. The normalized spacial score (nSPS) is 17.8. The van der Waals surface area contributed by atoms with E-state index in [1.807, 2.05) is 6.20 Å². The first-order chi connectivity index (χ1) is 7.81. The third-order valence-electron chi connectivity index (χ3n) is 2.96. The Morgan fingerprint density at radius 3 is 2.88 bits per heavy atom. The number of rotatable bonds is 3. The molecule has 5 heteroatoms. The number of hydrogen-bond acceptors (Lipinski definition) is 4. The van der Waals surface area contributed by atoms with Crippen LogP contribution in [0.15, 0.2) is 12.5 Å². The molecule has 0 aliphatic carbocycles. The summed E-state index contributed by atoms with van der Waals surface area (Å²) >= 11 is 2.29. The molecule has 1 aromatic rings. The van der Waals surface area contributed by atoms with Crippen LogP contribution in [0.1, 0.15) is 12.8 Å². The Balaban J connectivity index is 1.96. The summed E-state index contributed by atoms with van der Waals surface area (Å²) in [6, 6.07) is 0. The molecule has 1 aliphatic heterocycles. The highest BCUT2D eigenvalue weighted by atomic mass is 127. The molecule has 1 saturated heterocycles. The Morgan fingerprint density at radius 1 is 1.50 bits per heavy atom. The van der Waals surface area contributed by atoms with Gasteiger partial charge in [-0.3, -0.25) is 0 Å². The molecule has 0 atom stereocenters. The van der Waals surface area contributed by atoms with E-state index in [-0.39, 0.29) is 0 Å². The van der Waals surface area contributed by atoms with Crippen molar-refractivity contribution in [3.05, 3.63) is 16.1 Å². The molecular formula is C11H16IN3O. The highest BCUT2D eigenvalue weighted by molar-refractivity contribution is 14.1. The van der Waals surface area contributed by atoms with Gasteiger partial charge in [-0.1, -0.05) is 0 Å². The average Bonchev–Trinajstić information content (AvgIpc) is 2.31. The van der Waals surface area contributed by atoms with Crippen LogP contribution in [0.3, 0.4) is 0 Å². The van der Waals surface area contributed by atoms with E-state index in [9.17, 15) is 0 Å². The average molecular weight is 333 g/mol. The second-order valence-electron chi connectivity index (χ2n) is 4.08. The molecule has 88 valence electrons. The predicted molar refractivity (Wildman–Crippen MR) is 71.6 cm³/mol. The predicted octanol–water partition coefficient (Wildman–Crippen LogP) is 1.94. The van der Waals surface area contributed by atoms with Gasteiger partial charge in [0.15, 0.2) is 0 Å². The number of halogens is 1. The number of methoxy groups -OCH3 is 1. The number of anilines is 1. The highest BCUT2D eigenvalue weighted by Gasteiger charge is 2.21. The molecule has 1 fully saturated rings. The molecule has 0 spiro atoms. The standard InChI is InChI=1S/C11H16IN3O/c1-16-7-9-2-4-15(5-3-9)11-10(12)6-13-8-14-11/h6,8-9H,2-5,7H2,1H3. The second-order valence-corrected chi connectivity index (χ2v) is 5.24. The summed E-state index contributed by atoms with van der Waals surface area (Å²) in [5, 5.41) is 0. The molecule has 4 nitrogen and oxygen atoms in total. The van der Waals surface area contributed by atoms with Gasteiger partial charge in [0, 0.05) is 33.0 Å². The minimum Gasteiger partial charge on any atom is -0.384 e. The maximum atomic E-state index is 5.20. The molecule has 16 heavy (non-hydrogen) atoms. The topological polar surface area (TPSA) is 38.2 Å². The smallest absolute Gasteiger partial charge is 0.145 e. The zero-order valence-corrected chi connectivity index (χ0v) is 11.6. The van der Waals surface area contributed by atoms with Crippen molar-refractivity contribution in [3.63, 3.8) is 0 Å². The van der Waals surface area contributed by atoms with E-state index < -0.39 is 0 Å². The molecule has 0 radical (unpaired) electrons. The Bertz CT molecular complexity index is 340. The van der Waals surface area contributed by atoms with Gasteiger partial charge < -0.3 is 9.64 Å². The van der Waals surface area contributed by atoms with E-state index >= 15 is 0 Å². The van der Waals surface area contributed by atoms with Crippen LogP contribution in [-0.2, 0) is 4.74 Å². The van der Waals surface area contributed by atoms with Crippen molar-refractivity contribution in [2.45, 2.75) is 12.8 Å². The van der Waals surface area contributed by atoms with E-state index in [0.29, 0.717) is 5.92 Å². The summed E-state index contributed by atoms with van der Waals surface area (Å²) in [6.07, 6.45) is 5.87. The van der Waals surface area contributed by atoms with Crippen LogP contribution in [-0.4, -0.2) is 36.8 Å². The molecule has 2 rings (SSSR count). The van der Waals surface area contributed by atoms with Gasteiger partial charge in [-0.25, -0.2) is 9.97 Å². The van der Waals surface area contributed by atoms with E-state index in [1.165, 1.54) is 12.8 Å². The number of nitrogens with zero attached hydrogens (tertiary/aromatic N) is 3. The lowest BCUT2D eigenvalue weighted by atomic mass is 9.98. The van der Waals surface area contributed by atoms with Gasteiger partial charge in [-0.15, -0.1) is 0 Å². The lowest BCUT2D eigenvalue weighted by molar-refractivity contribution is 0.139. The fourth-order valence-corrected chi connectivity index (χ4v) is 2.73. The summed E-state index contributed by atoms with van der Waals surface area (Å²) < 4.78 is 6.33. The van der Waals surface area contributed by atoms with Crippen LogP contribution < -0.4 is 4.90 Å². The summed E-state index contributed by atoms with van der Waals surface area (Å²) in [7, 11) is 1.78. The molecule has 0 aromatic carbocycles. The molecule has 0 unspecified atom stereocenters. The molecule has 0 N–H and O–H groups in total. The maximum Gasteiger partial charge on any atom is 0.145 e. The third kappa shape index (κ3) is 2.82. The lowest BCUT2D eigenvalue weighted by Crippen LogP contribution is -2.36. The van der Waals surface area contributed by atoms with Gasteiger partial charge in [0.25, 0.3) is 0 Å². The van der Waals surface area contributed by atoms with Crippen LogP contribution >= 0.6 is 22.6 Å². The SMILES string of the molecule is COCC1CCN(c2ncncc2I)CC1. The van der Waals surface area contributed by atoms with E-state index in [4.69, 9.17) is 4.74 Å². The summed E-state index contributed by atoms with van der Waals surface area (Å²) in [4.78, 5) is 10.7. The van der Waals surface area contributed by atoms with Crippen molar-refractivity contribution in [1.82, 2.24) is 9.97 Å². The van der Waals surface area contributed by atoms with Crippen LogP contribution in [0.4, 0.5) is 5.82 Å². The van der Waals surface area contributed by atoms with Gasteiger partial charge in [0.2, 0.25) is 0 Å². The van der Waals surface area contributed by atoms with Crippen molar-refractivity contribution in [3.8, 4) is 0 Å². The van der Waals surface area contributed by atoms with Crippen molar-refractivity contribution >= 4 is 28.4 Å². The molecule has 1 aliphatic rings. The zero-order chi connectivity index (χ0) is 11.4. The Labute approximate surface area is 110 Å². The van der Waals surface area contributed by atoms with Crippen molar-refractivity contribution in [2.24, 2.45) is 5.92 Å². The lowest BCUT2D eigenvalue weighted by Gasteiger charge is -2.32. The van der Waals surface area contributed by atoms with Crippen molar-refractivity contribution < 1.29 is 4.74 Å². The summed E-state index contributed by atoms with van der Waals surface area (Å²) in [6.45, 7) is 3.02. The minimum atomic E-state index is 0.709. The molecule has 1 aromatic heterocycles. The van der Waals surface area contributed by atoms with Gasteiger partial charge in [0.1, 0.15) is 12.1 Å². The Hall–Kier alpha value is -0.430. The number of piperidine rings is 1. The van der Waals surface area contributed by atoms with E-state index in [0.717, 1.165) is 29.1 Å². The fraction of sp³-hybridized carbons (Fsp3) is 0.636. The van der Waals surface area contributed by atoms with Gasteiger partial charge in [-0.05, 0) is 41.4 Å². The first-order valence-corrected chi connectivity index (χ1v) is 6.58. The van der Waals surface area contributed by atoms with E-state index in [1.54, 1.807) is 13.4 Å². The highest BCUT2D eigenvalue weighted by Crippen LogP contribution is 2.24. The second kappa shape index (κ2) is 5.77. The van der Waals surface area contributed by atoms with Crippen LogP contribution in [0.5, 0.6) is 0 Å². The molecule has 0 saturated carbocycles. The van der Waals surface area contributed by atoms with Crippen LogP contribution in [0.25, 0.3) is 0 Å². The largest absolute Gasteiger partial charge is 0.384 e. The first kappa shape index (κ1) is 12.0. The van der Waals surface area contributed by atoms with E-state index in [2.05, 4.69) is 37.5 Å². The molecule has 0 bridgehead atoms. The summed E-state index contributed by atoms with van der Waals surface area (Å²) in [5.74, 6) is 1.78. The van der Waals surface area contributed by atoms with Crippen LogP contribution in [0.2, 0.25) is 0 Å². The summed E-state index contributed by atoms with van der Waals surface area (Å²) in [5.41, 5.74) is 0. The van der Waals surface area contributed by atoms with Gasteiger partial charge in [-0.2, -0.15) is 0 Å². The first-order valence-electron chi connectivity index (χ1n) is 5.50. The number of hydrogen-bond donors (Lipinski definition) is 0. The van der Waals surface area contributed by atoms with Crippen molar-refractivity contribution in [1.29, 1.82) is 0 Å². The molecule has 0 amide bonds. The van der Waals surface area contributed by atoms with Gasteiger partial charge in [0.05, 0.1) is 3.57 Å². The minimum absolute atomic E-state index is 0.709.